The van der Waals surface area contributed by atoms with Gasteiger partial charge in [-0.2, -0.15) is 0 Å². The quantitative estimate of drug-likeness (QED) is 0.424. The maximum Gasteiger partial charge on any atom is -1.00 e. The molecular weight excluding hydrogens is 483 g/mol. The van der Waals surface area contributed by atoms with E-state index in [9.17, 15) is 0 Å². The van der Waals surface area contributed by atoms with Gasteiger partial charge in [0.25, 0.3) is 0 Å². The summed E-state index contributed by atoms with van der Waals surface area (Å²) in [6.45, 7) is 4.84. The van der Waals surface area contributed by atoms with Crippen molar-refractivity contribution in [3.05, 3.63) is 41.3 Å². The maximum absolute atomic E-state index is 2.63. The van der Waals surface area contributed by atoms with E-state index in [4.69, 9.17) is 0 Å². The van der Waals surface area contributed by atoms with Crippen LogP contribution in [0.25, 0.3) is 0 Å². The third-order valence-electron chi connectivity index (χ3n) is 7.39. The fourth-order valence-electron chi connectivity index (χ4n) is 5.90. The van der Waals surface area contributed by atoms with Crippen LogP contribution < -0.4 is 24.8 Å². The number of halogens is 2. The summed E-state index contributed by atoms with van der Waals surface area (Å²) in [5, 5.41) is 3.98. The molecule has 0 bridgehead atoms. The Hall–Kier alpha value is 0.857. The average Bonchev–Trinajstić information content (AvgIpc) is 3.17. The van der Waals surface area contributed by atoms with Gasteiger partial charge in [0, 0.05) is 0 Å². The van der Waals surface area contributed by atoms with Crippen LogP contribution in [0.15, 0.2) is 41.3 Å². The van der Waals surface area contributed by atoms with Crippen molar-refractivity contribution in [3.63, 3.8) is 0 Å². The van der Waals surface area contributed by atoms with Gasteiger partial charge in [-0.3, -0.25) is 0 Å². The predicted octanol–water partition coefficient (Wildman–Crippen LogP) is 1.11. The van der Waals surface area contributed by atoms with Crippen molar-refractivity contribution in [1.82, 2.24) is 0 Å². The Balaban J connectivity index is 0.00000131. The zero-order valence-electron chi connectivity index (χ0n) is 17.1. The SMILES string of the molecule is CCC[Si]1(C2=[C]([Zr+2][C]3=C([Si]4(CCC)CCC4)C=CC3)CC=C2)CCC1.[Cl-].[Cl-]. The predicted molar refractivity (Wildman–Crippen MR) is 112 cm³/mol. The molecule has 27 heavy (non-hydrogen) atoms. The molecule has 2 fully saturated rings. The van der Waals surface area contributed by atoms with Crippen LogP contribution >= 0.6 is 0 Å². The molecule has 0 nitrogen and oxygen atoms in total. The van der Waals surface area contributed by atoms with E-state index in [-0.39, 0.29) is 24.8 Å². The van der Waals surface area contributed by atoms with Crippen LogP contribution in [0, 0.1) is 0 Å². The molecule has 2 saturated heterocycles. The van der Waals surface area contributed by atoms with Gasteiger partial charge in [-0.15, -0.1) is 0 Å². The van der Waals surface area contributed by atoms with E-state index in [1.54, 1.807) is 36.3 Å². The summed E-state index contributed by atoms with van der Waals surface area (Å²) >= 11 is -0.509. The summed E-state index contributed by atoms with van der Waals surface area (Å²) in [4.78, 5) is 0. The standard InChI is InChI=1S/2C11H17Si.2ClH.Zr/c2*1-2-8-12(9-5-10-12)11-6-3-4-7-11;;;/h2*3,6H,2,4-5,8-10H2,1H3;2*1H;/q;;;;+2/p-2. The Kier molecular flexibility index (Phi) is 9.16. The molecule has 4 rings (SSSR count). The van der Waals surface area contributed by atoms with Crippen molar-refractivity contribution in [3.8, 4) is 0 Å². The van der Waals surface area contributed by atoms with Crippen LogP contribution in [0.2, 0.25) is 36.3 Å². The second kappa shape index (κ2) is 10.2. The molecule has 2 aliphatic heterocycles. The van der Waals surface area contributed by atoms with Crippen molar-refractivity contribution < 1.29 is 48.0 Å². The average molecular weight is 517 g/mol. The normalized spacial score (nSPS) is 24.1. The minimum Gasteiger partial charge on any atom is -1.00 e. The second-order valence-corrected chi connectivity index (χ2v) is 21.7. The molecule has 148 valence electrons. The second-order valence-electron chi connectivity index (χ2n) is 8.89. The zero-order valence-corrected chi connectivity index (χ0v) is 23.0. The molecule has 0 spiro atoms. The summed E-state index contributed by atoms with van der Waals surface area (Å²) in [6.07, 6.45) is 18.9. The van der Waals surface area contributed by atoms with Gasteiger partial charge in [0.1, 0.15) is 0 Å². The maximum atomic E-state index is 2.63. The van der Waals surface area contributed by atoms with Crippen molar-refractivity contribution in [2.45, 2.75) is 88.6 Å². The number of hydrogen-bond acceptors (Lipinski definition) is 0. The summed E-state index contributed by atoms with van der Waals surface area (Å²) in [7, 11) is -2.04. The molecule has 2 aliphatic carbocycles. The van der Waals surface area contributed by atoms with E-state index >= 15 is 0 Å². The monoisotopic (exact) mass is 514 g/mol. The Morgan fingerprint density at radius 3 is 1.44 bits per heavy atom. The first kappa shape index (κ1) is 24.1. The molecule has 0 aromatic heterocycles. The van der Waals surface area contributed by atoms with Crippen LogP contribution in [0.4, 0.5) is 0 Å². The smallest absolute Gasteiger partial charge is 1.00 e. The van der Waals surface area contributed by atoms with Gasteiger partial charge < -0.3 is 24.8 Å². The minimum absolute atomic E-state index is 0. The molecule has 2 heterocycles. The number of rotatable bonds is 8. The largest absolute Gasteiger partial charge is 1.00 e. The summed E-state index contributed by atoms with van der Waals surface area (Å²) < 4.78 is 4.05. The van der Waals surface area contributed by atoms with Crippen LogP contribution in [0.5, 0.6) is 0 Å². The van der Waals surface area contributed by atoms with Gasteiger partial charge in [0.2, 0.25) is 0 Å². The van der Waals surface area contributed by atoms with Crippen LogP contribution in [0.1, 0.15) is 52.4 Å². The molecule has 0 aromatic rings. The summed E-state index contributed by atoms with van der Waals surface area (Å²) in [5.74, 6) is 0. The molecule has 0 N–H and O–H groups in total. The van der Waals surface area contributed by atoms with Crippen LogP contribution in [-0.4, -0.2) is 16.1 Å². The van der Waals surface area contributed by atoms with E-state index in [0.717, 1.165) is 0 Å². The first-order valence-corrected chi connectivity index (χ1v) is 18.5. The molecule has 0 atom stereocenters. The number of allylic oxidation sites excluding steroid dienone is 8. The van der Waals surface area contributed by atoms with E-state index in [2.05, 4.69) is 38.2 Å². The van der Waals surface area contributed by atoms with Crippen molar-refractivity contribution in [2.75, 3.05) is 0 Å². The third kappa shape index (κ3) is 4.48. The Labute approximate surface area is 192 Å². The van der Waals surface area contributed by atoms with Gasteiger partial charge in [-0.05, 0) is 0 Å². The molecule has 0 radical (unpaired) electrons. The molecular formula is C22H34Cl2Si2Zr. The molecule has 4 aliphatic rings. The van der Waals surface area contributed by atoms with Crippen molar-refractivity contribution in [1.29, 1.82) is 0 Å². The third-order valence-corrected chi connectivity index (χ3v) is 23.8. The first-order chi connectivity index (χ1) is 12.2. The Bertz CT molecular complexity index is 599. The summed E-state index contributed by atoms with van der Waals surface area (Å²) in [5.41, 5.74) is 0. The fourth-order valence-corrected chi connectivity index (χ4v) is 23.0. The molecule has 0 saturated carbocycles. The first-order valence-electron chi connectivity index (χ1n) is 10.8. The van der Waals surface area contributed by atoms with Crippen LogP contribution in [-0.2, 0) is 23.2 Å². The van der Waals surface area contributed by atoms with Gasteiger partial charge in [-0.1, -0.05) is 0 Å². The van der Waals surface area contributed by atoms with E-state index in [1.807, 2.05) is 17.0 Å². The van der Waals surface area contributed by atoms with Crippen molar-refractivity contribution >= 4 is 16.1 Å². The van der Waals surface area contributed by atoms with Crippen LogP contribution in [0.3, 0.4) is 0 Å². The molecule has 5 heteroatoms. The topological polar surface area (TPSA) is 0 Å². The zero-order chi connectivity index (χ0) is 17.3. The van der Waals surface area contributed by atoms with E-state index < -0.39 is 39.4 Å². The van der Waals surface area contributed by atoms with E-state index in [1.165, 1.54) is 38.5 Å². The molecule has 0 aromatic carbocycles. The Morgan fingerprint density at radius 2 is 1.15 bits per heavy atom. The van der Waals surface area contributed by atoms with Crippen molar-refractivity contribution in [2.24, 2.45) is 0 Å². The number of hydrogen-bond donors (Lipinski definition) is 0. The van der Waals surface area contributed by atoms with Gasteiger partial charge in [0.15, 0.2) is 0 Å². The minimum atomic E-state index is -1.02. The Morgan fingerprint density at radius 1 is 0.741 bits per heavy atom. The van der Waals surface area contributed by atoms with E-state index in [0.29, 0.717) is 0 Å². The van der Waals surface area contributed by atoms with Gasteiger partial charge in [0.05, 0.1) is 0 Å². The molecule has 0 unspecified atom stereocenters. The van der Waals surface area contributed by atoms with Gasteiger partial charge >= 0.3 is 169 Å². The molecule has 0 amide bonds. The van der Waals surface area contributed by atoms with Gasteiger partial charge in [-0.25, -0.2) is 0 Å². The fraction of sp³-hybridized carbons (Fsp3) is 0.636. The summed E-state index contributed by atoms with van der Waals surface area (Å²) in [6, 6.07) is 9.61.